The van der Waals surface area contributed by atoms with Gasteiger partial charge in [0, 0.05) is 0 Å². The van der Waals surface area contributed by atoms with Gasteiger partial charge < -0.3 is 24.4 Å². The van der Waals surface area contributed by atoms with Gasteiger partial charge in [-0.05, 0) is 68.7 Å². The molecule has 0 aliphatic heterocycles. The van der Waals surface area contributed by atoms with Gasteiger partial charge >= 0.3 is 6.09 Å². The number of amides is 1. The fraction of sp³-hybridized carbons (Fsp3) is 0.450. The number of carbonyl (C=O) groups is 1. The highest BCUT2D eigenvalue weighted by Gasteiger charge is 2.17. The number of ether oxygens (including phenoxy) is 3. The van der Waals surface area contributed by atoms with Crippen molar-refractivity contribution in [2.24, 2.45) is 5.16 Å². The average Bonchev–Trinajstić information content (AvgIpc) is 3.07. The van der Waals surface area contributed by atoms with E-state index in [0.29, 0.717) is 17.6 Å². The first kappa shape index (κ1) is 23.9. The number of hydrogen-bond acceptors (Lipinski definition) is 8. The van der Waals surface area contributed by atoms with Crippen LogP contribution in [-0.4, -0.2) is 42.1 Å². The number of aromatic nitrogens is 1. The first-order chi connectivity index (χ1) is 14.2. The Kier molecular flexibility index (Phi) is 8.91. The summed E-state index contributed by atoms with van der Waals surface area (Å²) in [5.74, 6) is 1.39. The Bertz CT molecular complexity index is 866. The zero-order chi connectivity index (χ0) is 22.1. The molecule has 0 unspecified atom stereocenters. The van der Waals surface area contributed by atoms with E-state index < -0.39 is 11.7 Å². The van der Waals surface area contributed by atoms with Crippen LogP contribution in [0.2, 0.25) is 0 Å². The summed E-state index contributed by atoms with van der Waals surface area (Å²) in [5, 5.41) is 7.06. The smallest absolute Gasteiger partial charge is 0.407 e. The van der Waals surface area contributed by atoms with E-state index >= 15 is 0 Å². The van der Waals surface area contributed by atoms with Gasteiger partial charge in [-0.15, -0.1) is 0 Å². The standard InChI is InChI=1S/C20H26BrN3O5S/c1-6-26-14-7-8-17(16(21)9-14)28-19-22-10-15(30-19)11-23-27-12-13(2)24-18(25)29-20(3,4)5/h7-11,13H,6,12H2,1-5H3,(H,24,25)/b23-11+/t13-/m0/s1. The Labute approximate surface area is 188 Å². The molecule has 0 saturated carbocycles. The average molecular weight is 500 g/mol. The van der Waals surface area contributed by atoms with Gasteiger partial charge in [0.15, 0.2) is 0 Å². The summed E-state index contributed by atoms with van der Waals surface area (Å²) in [7, 11) is 0. The number of benzene rings is 1. The fourth-order valence-corrected chi connectivity index (χ4v) is 3.16. The number of carbonyl (C=O) groups excluding carboxylic acids is 1. The lowest BCUT2D eigenvalue weighted by Crippen LogP contribution is -2.39. The van der Waals surface area contributed by atoms with Gasteiger partial charge in [0.2, 0.25) is 0 Å². The molecular formula is C20H26BrN3O5S. The van der Waals surface area contributed by atoms with E-state index in [0.717, 1.165) is 15.1 Å². The normalized spacial score (nSPS) is 12.5. The van der Waals surface area contributed by atoms with Crippen LogP contribution in [0.5, 0.6) is 16.7 Å². The summed E-state index contributed by atoms with van der Waals surface area (Å²) in [6.45, 7) is 9.95. The summed E-state index contributed by atoms with van der Waals surface area (Å²) in [6.07, 6.45) is 2.68. The van der Waals surface area contributed by atoms with Crippen LogP contribution in [0.3, 0.4) is 0 Å². The zero-order valence-corrected chi connectivity index (χ0v) is 20.0. The molecule has 30 heavy (non-hydrogen) atoms. The molecule has 1 N–H and O–H groups in total. The number of thiazole rings is 1. The van der Waals surface area contributed by atoms with Gasteiger partial charge in [0.25, 0.3) is 5.19 Å². The Hall–Kier alpha value is -2.33. The van der Waals surface area contributed by atoms with E-state index in [4.69, 9.17) is 19.0 Å². The summed E-state index contributed by atoms with van der Waals surface area (Å²) >= 11 is 4.79. The van der Waals surface area contributed by atoms with Gasteiger partial charge in [-0.3, -0.25) is 0 Å². The molecule has 1 heterocycles. The topological polar surface area (TPSA) is 91.3 Å². The molecule has 0 aliphatic carbocycles. The summed E-state index contributed by atoms with van der Waals surface area (Å²) in [6, 6.07) is 5.23. The molecule has 10 heteroatoms. The van der Waals surface area contributed by atoms with Crippen LogP contribution in [0.25, 0.3) is 0 Å². The van der Waals surface area contributed by atoms with Crippen LogP contribution in [0.15, 0.2) is 34.0 Å². The maximum Gasteiger partial charge on any atom is 0.407 e. The Balaban J connectivity index is 1.80. The highest BCUT2D eigenvalue weighted by Crippen LogP contribution is 2.34. The molecule has 164 valence electrons. The van der Waals surface area contributed by atoms with E-state index in [1.54, 1.807) is 33.9 Å². The third-order valence-corrected chi connectivity index (χ3v) is 4.69. The van der Waals surface area contributed by atoms with Crippen LogP contribution in [-0.2, 0) is 9.57 Å². The summed E-state index contributed by atoms with van der Waals surface area (Å²) in [5.41, 5.74) is -0.546. The second-order valence-electron chi connectivity index (χ2n) is 7.23. The molecular weight excluding hydrogens is 474 g/mol. The first-order valence-electron chi connectivity index (χ1n) is 9.37. The second-order valence-corrected chi connectivity index (χ2v) is 9.11. The highest BCUT2D eigenvalue weighted by molar-refractivity contribution is 9.10. The van der Waals surface area contributed by atoms with Crippen molar-refractivity contribution in [3.05, 3.63) is 33.7 Å². The van der Waals surface area contributed by atoms with Crippen LogP contribution in [0.4, 0.5) is 4.79 Å². The lowest BCUT2D eigenvalue weighted by molar-refractivity contribution is 0.0459. The summed E-state index contributed by atoms with van der Waals surface area (Å²) in [4.78, 5) is 21.9. The molecule has 2 aromatic rings. The van der Waals surface area contributed by atoms with Crippen molar-refractivity contribution in [2.75, 3.05) is 13.2 Å². The molecule has 0 saturated heterocycles. The van der Waals surface area contributed by atoms with Gasteiger partial charge in [-0.25, -0.2) is 9.78 Å². The number of oxime groups is 1. The molecule has 1 amide bonds. The minimum absolute atomic E-state index is 0.205. The van der Waals surface area contributed by atoms with Crippen molar-refractivity contribution in [3.63, 3.8) is 0 Å². The van der Waals surface area contributed by atoms with Crippen LogP contribution in [0, 0.1) is 0 Å². The number of rotatable bonds is 9. The monoisotopic (exact) mass is 499 g/mol. The molecule has 1 aromatic carbocycles. The molecule has 0 radical (unpaired) electrons. The molecule has 0 aliphatic rings. The third kappa shape index (κ3) is 8.58. The van der Waals surface area contributed by atoms with Crippen LogP contribution < -0.4 is 14.8 Å². The van der Waals surface area contributed by atoms with E-state index in [-0.39, 0.29) is 12.6 Å². The fourth-order valence-electron chi connectivity index (χ4n) is 2.09. The molecule has 8 nitrogen and oxygen atoms in total. The molecule has 0 spiro atoms. The van der Waals surface area contributed by atoms with Crippen LogP contribution in [0.1, 0.15) is 39.5 Å². The minimum Gasteiger partial charge on any atom is -0.494 e. The van der Waals surface area contributed by atoms with E-state index in [1.807, 2.05) is 25.1 Å². The number of nitrogens with zero attached hydrogens (tertiary/aromatic N) is 2. The van der Waals surface area contributed by atoms with Crippen molar-refractivity contribution in [1.29, 1.82) is 0 Å². The first-order valence-corrected chi connectivity index (χ1v) is 11.0. The molecule has 1 aromatic heterocycles. The molecule has 2 rings (SSSR count). The van der Waals surface area contributed by atoms with Gasteiger partial charge in [-0.1, -0.05) is 16.5 Å². The Morgan fingerprint density at radius 3 is 2.83 bits per heavy atom. The maximum atomic E-state index is 11.7. The van der Waals surface area contributed by atoms with Crippen LogP contribution >= 0.6 is 27.3 Å². The number of nitrogens with one attached hydrogen (secondary N) is 1. The lowest BCUT2D eigenvalue weighted by Gasteiger charge is -2.21. The number of halogens is 1. The Morgan fingerprint density at radius 1 is 1.40 bits per heavy atom. The zero-order valence-electron chi connectivity index (χ0n) is 17.6. The van der Waals surface area contributed by atoms with E-state index in [9.17, 15) is 4.79 Å². The maximum absolute atomic E-state index is 11.7. The summed E-state index contributed by atoms with van der Waals surface area (Å²) < 4.78 is 17.2. The predicted octanol–water partition coefficient (Wildman–Crippen LogP) is 5.36. The predicted molar refractivity (Wildman–Crippen MR) is 120 cm³/mol. The highest BCUT2D eigenvalue weighted by atomic mass is 79.9. The lowest BCUT2D eigenvalue weighted by atomic mass is 10.2. The SMILES string of the molecule is CCOc1ccc(Oc2ncc(/C=N/OC[C@H](C)NC(=O)OC(C)(C)C)s2)c(Br)c1. The van der Waals surface area contributed by atoms with Crippen molar-refractivity contribution >= 4 is 39.6 Å². The largest absolute Gasteiger partial charge is 0.494 e. The van der Waals surface area contributed by atoms with E-state index in [1.165, 1.54) is 17.6 Å². The quantitative estimate of drug-likeness (QED) is 0.368. The molecule has 1 atom stereocenters. The van der Waals surface area contributed by atoms with Crippen molar-refractivity contribution in [3.8, 4) is 16.7 Å². The Morgan fingerprint density at radius 2 is 2.17 bits per heavy atom. The van der Waals surface area contributed by atoms with Gasteiger partial charge in [0.1, 0.15) is 23.7 Å². The van der Waals surface area contributed by atoms with Gasteiger partial charge in [0.05, 0.1) is 34.4 Å². The van der Waals surface area contributed by atoms with Crippen molar-refractivity contribution < 1.29 is 23.8 Å². The second kappa shape index (κ2) is 11.2. The molecule has 0 bridgehead atoms. The third-order valence-electron chi connectivity index (χ3n) is 3.26. The number of alkyl carbamates (subject to hydrolysis) is 1. The minimum atomic E-state index is -0.546. The van der Waals surface area contributed by atoms with Crippen molar-refractivity contribution in [2.45, 2.75) is 46.3 Å². The van der Waals surface area contributed by atoms with Crippen molar-refractivity contribution in [1.82, 2.24) is 10.3 Å². The van der Waals surface area contributed by atoms with E-state index in [2.05, 4.69) is 31.4 Å². The number of hydrogen-bond donors (Lipinski definition) is 1. The van der Waals surface area contributed by atoms with Gasteiger partial charge in [-0.2, -0.15) is 0 Å². The molecule has 0 fully saturated rings.